The van der Waals surface area contributed by atoms with Crippen molar-refractivity contribution in [2.45, 2.75) is 178 Å². The van der Waals surface area contributed by atoms with Gasteiger partial charge in [0.05, 0.1) is 12.7 Å². The van der Waals surface area contributed by atoms with Gasteiger partial charge >= 0.3 is 10.4 Å². The van der Waals surface area contributed by atoms with E-state index in [1.165, 1.54) is 90.4 Å². The van der Waals surface area contributed by atoms with Crippen molar-refractivity contribution in [2.24, 2.45) is 0 Å². The highest BCUT2D eigenvalue weighted by molar-refractivity contribution is 7.80. The molecule has 0 aliphatic carbocycles. The number of rotatable bonds is 27. The zero-order valence-electron chi connectivity index (χ0n) is 27.6. The van der Waals surface area contributed by atoms with Crippen molar-refractivity contribution in [1.29, 1.82) is 0 Å². The maximum atomic E-state index is 12.5. The number of unbranched alkanes of at least 4 members (excludes halogenated alkanes) is 16. The normalized spacial score (nSPS) is 24.8. The lowest BCUT2D eigenvalue weighted by atomic mass is 9.98. The second-order valence-electron chi connectivity index (χ2n) is 12.5. The Morgan fingerprint density at radius 3 is 1.65 bits per heavy atom. The van der Waals surface area contributed by atoms with Gasteiger partial charge < -0.3 is 45.4 Å². The Morgan fingerprint density at radius 1 is 0.761 bits per heavy atom. The monoisotopic (exact) mass is 687 g/mol. The molecule has 0 spiro atoms. The molecule has 1 amide bonds. The first-order chi connectivity index (χ1) is 21.8. The smallest absolute Gasteiger partial charge is 0.391 e. The molecule has 46 heavy (non-hydrogen) atoms. The van der Waals surface area contributed by atoms with Crippen molar-refractivity contribution < 1.29 is 62.1 Å². The standard InChI is InChI=1S/C31H61NO13S/c1-3-4-5-6-7-8-9-10-11-12-13-14-15-16-17-18-19-20-32-30(39)27(37)26(36)29(22(2)33)45-31-28(38)25(35)24(34)23(44-31)21-43-46(40,41)42/h22-29,31,33-38H,3-21H2,1-2H3,(H,32,39)(H,40,41,42)/t22-,23?,24-,25+,26-,27-,28?,29-,31-/m1/s1. The summed E-state index contributed by atoms with van der Waals surface area (Å²) in [5.74, 6) is -0.904. The number of amides is 1. The predicted octanol–water partition coefficient (Wildman–Crippen LogP) is 1.87. The van der Waals surface area contributed by atoms with Gasteiger partial charge in [-0.15, -0.1) is 0 Å². The van der Waals surface area contributed by atoms with Crippen molar-refractivity contribution in [3.05, 3.63) is 0 Å². The third kappa shape index (κ3) is 18.0. The largest absolute Gasteiger partial charge is 0.397 e. The first-order valence-corrected chi connectivity index (χ1v) is 18.5. The topological polar surface area (TPSA) is 233 Å². The molecule has 1 aliphatic rings. The lowest BCUT2D eigenvalue weighted by Gasteiger charge is -2.42. The van der Waals surface area contributed by atoms with Crippen LogP contribution >= 0.6 is 0 Å². The number of hydrogen-bond donors (Lipinski definition) is 8. The summed E-state index contributed by atoms with van der Waals surface area (Å²) in [5.41, 5.74) is 0. The average Bonchev–Trinajstić information content (AvgIpc) is 3.00. The fraction of sp³-hybridized carbons (Fsp3) is 0.968. The summed E-state index contributed by atoms with van der Waals surface area (Å²) < 4.78 is 45.2. The molecule has 0 aromatic heterocycles. The minimum absolute atomic E-state index is 0.269. The first-order valence-electron chi connectivity index (χ1n) is 17.1. The minimum Gasteiger partial charge on any atom is -0.391 e. The Kier molecular flexibility index (Phi) is 22.6. The van der Waals surface area contributed by atoms with E-state index in [0.717, 1.165) is 19.3 Å². The van der Waals surface area contributed by atoms with E-state index in [0.29, 0.717) is 6.42 Å². The van der Waals surface area contributed by atoms with Gasteiger partial charge in [-0.1, -0.05) is 110 Å². The van der Waals surface area contributed by atoms with Crippen LogP contribution in [0.3, 0.4) is 0 Å². The van der Waals surface area contributed by atoms with E-state index in [-0.39, 0.29) is 6.54 Å². The predicted molar refractivity (Wildman–Crippen MR) is 170 cm³/mol. The van der Waals surface area contributed by atoms with Crippen molar-refractivity contribution in [2.75, 3.05) is 13.2 Å². The van der Waals surface area contributed by atoms with Crippen LogP contribution in [0.4, 0.5) is 0 Å². The zero-order chi connectivity index (χ0) is 34.5. The Hall–Kier alpha value is -0.980. The Morgan fingerprint density at radius 2 is 1.22 bits per heavy atom. The summed E-state index contributed by atoms with van der Waals surface area (Å²) in [6.45, 7) is 2.73. The molecule has 0 aromatic rings. The van der Waals surface area contributed by atoms with Gasteiger partial charge in [0.15, 0.2) is 12.4 Å². The molecular formula is C31H61NO13S. The van der Waals surface area contributed by atoms with Crippen molar-refractivity contribution in [3.8, 4) is 0 Å². The van der Waals surface area contributed by atoms with Crippen molar-refractivity contribution in [1.82, 2.24) is 5.32 Å². The summed E-state index contributed by atoms with van der Waals surface area (Å²) in [6.07, 6.45) is 4.38. The number of nitrogens with one attached hydrogen (secondary N) is 1. The lowest BCUT2D eigenvalue weighted by molar-refractivity contribution is -0.324. The van der Waals surface area contributed by atoms with E-state index in [4.69, 9.17) is 14.0 Å². The number of carbonyl (C=O) groups is 1. The van der Waals surface area contributed by atoms with Gasteiger partial charge in [0.2, 0.25) is 0 Å². The van der Waals surface area contributed by atoms with Crippen LogP contribution in [-0.2, 0) is 28.9 Å². The van der Waals surface area contributed by atoms with Gasteiger partial charge in [0, 0.05) is 6.54 Å². The fourth-order valence-corrected chi connectivity index (χ4v) is 5.76. The molecule has 2 unspecified atom stereocenters. The van der Waals surface area contributed by atoms with Gasteiger partial charge in [-0.25, -0.2) is 4.18 Å². The molecule has 1 fully saturated rings. The SMILES string of the molecule is CCCCCCCCCCCCCCCCCCCNC(=O)[C@H](O)[C@@H](O)[C@H](O[C@H]1OC(COS(=O)(=O)O)[C@@H](O)[C@H](O)C1O)[C@@H](C)O. The maximum absolute atomic E-state index is 12.5. The van der Waals surface area contributed by atoms with Crippen LogP contribution in [0, 0.1) is 0 Å². The summed E-state index contributed by atoms with van der Waals surface area (Å²) in [5, 5.41) is 64.1. The second kappa shape index (κ2) is 24.2. The minimum atomic E-state index is -4.92. The molecule has 0 aromatic carbocycles. The molecule has 0 bridgehead atoms. The fourth-order valence-electron chi connectivity index (χ4n) is 5.45. The van der Waals surface area contributed by atoms with E-state index in [9.17, 15) is 43.9 Å². The average molecular weight is 688 g/mol. The van der Waals surface area contributed by atoms with E-state index < -0.39 is 78.0 Å². The number of hydrogen-bond acceptors (Lipinski definition) is 12. The molecule has 0 radical (unpaired) electrons. The quantitative estimate of drug-likeness (QED) is 0.0456. The molecule has 1 aliphatic heterocycles. The summed E-state index contributed by atoms with van der Waals surface area (Å²) in [4.78, 5) is 12.5. The number of ether oxygens (including phenoxy) is 2. The number of carbonyl (C=O) groups excluding carboxylic acids is 1. The Labute approximate surface area is 274 Å². The van der Waals surface area contributed by atoms with Gasteiger partial charge in [0.25, 0.3) is 5.91 Å². The molecule has 14 nitrogen and oxygen atoms in total. The molecule has 0 saturated carbocycles. The Bertz CT molecular complexity index is 894. The molecule has 8 N–H and O–H groups in total. The highest BCUT2D eigenvalue weighted by Crippen LogP contribution is 2.26. The molecule has 15 heteroatoms. The molecular weight excluding hydrogens is 626 g/mol. The molecule has 1 rings (SSSR count). The van der Waals surface area contributed by atoms with Crippen LogP contribution in [0.1, 0.15) is 123 Å². The summed E-state index contributed by atoms with van der Waals surface area (Å²) >= 11 is 0. The van der Waals surface area contributed by atoms with Crippen LogP contribution in [0.15, 0.2) is 0 Å². The van der Waals surface area contributed by atoms with Crippen LogP contribution < -0.4 is 5.32 Å². The van der Waals surface area contributed by atoms with Crippen LogP contribution in [0.5, 0.6) is 0 Å². The summed E-state index contributed by atoms with van der Waals surface area (Å²) in [6, 6.07) is 0. The first kappa shape index (κ1) is 43.0. The van der Waals surface area contributed by atoms with Gasteiger partial charge in [0.1, 0.15) is 36.6 Å². The van der Waals surface area contributed by atoms with E-state index in [2.05, 4.69) is 16.4 Å². The third-order valence-corrected chi connectivity index (χ3v) is 8.76. The van der Waals surface area contributed by atoms with Crippen LogP contribution in [0.2, 0.25) is 0 Å². The molecule has 274 valence electrons. The maximum Gasteiger partial charge on any atom is 0.397 e. The highest BCUT2D eigenvalue weighted by atomic mass is 32.3. The second-order valence-corrected chi connectivity index (χ2v) is 13.5. The van der Waals surface area contributed by atoms with Gasteiger partial charge in [-0.05, 0) is 13.3 Å². The van der Waals surface area contributed by atoms with E-state index >= 15 is 0 Å². The van der Waals surface area contributed by atoms with Crippen LogP contribution in [-0.4, -0.2) is 118 Å². The molecule has 9 atom stereocenters. The van der Waals surface area contributed by atoms with Crippen molar-refractivity contribution >= 4 is 16.3 Å². The lowest BCUT2D eigenvalue weighted by Crippen LogP contribution is -2.61. The molecule has 1 heterocycles. The van der Waals surface area contributed by atoms with Gasteiger partial charge in [-0.3, -0.25) is 9.35 Å². The Balaban J connectivity index is 2.28. The van der Waals surface area contributed by atoms with Crippen LogP contribution in [0.25, 0.3) is 0 Å². The van der Waals surface area contributed by atoms with Gasteiger partial charge in [-0.2, -0.15) is 8.42 Å². The van der Waals surface area contributed by atoms with E-state index in [1.54, 1.807) is 0 Å². The van der Waals surface area contributed by atoms with E-state index in [1.807, 2.05) is 0 Å². The number of aliphatic hydroxyl groups is 6. The third-order valence-electron chi connectivity index (χ3n) is 8.32. The number of aliphatic hydroxyl groups excluding tert-OH is 6. The zero-order valence-corrected chi connectivity index (χ0v) is 28.4. The molecule has 1 saturated heterocycles. The summed E-state index contributed by atoms with van der Waals surface area (Å²) in [7, 11) is -4.92. The highest BCUT2D eigenvalue weighted by Gasteiger charge is 2.47. The van der Waals surface area contributed by atoms with Crippen molar-refractivity contribution in [3.63, 3.8) is 0 Å².